The minimum Gasteiger partial charge on any atom is -0.390 e. The smallest absolute Gasteiger partial charge is 0.246 e. The van der Waals surface area contributed by atoms with Gasteiger partial charge in [-0.3, -0.25) is 0 Å². The second-order valence-electron chi connectivity index (χ2n) is 7.04. The maximum Gasteiger partial charge on any atom is 0.246 e. The molecular formula is C17H23N5O2. The largest absolute Gasteiger partial charge is 0.390 e. The molecule has 0 spiro atoms. The molecule has 2 heterocycles. The van der Waals surface area contributed by atoms with Gasteiger partial charge in [0.25, 0.3) is 0 Å². The fourth-order valence-corrected chi connectivity index (χ4v) is 4.09. The zero-order chi connectivity index (χ0) is 16.7. The molecule has 1 aliphatic carbocycles. The van der Waals surface area contributed by atoms with E-state index in [4.69, 9.17) is 0 Å². The number of hydrogen-bond donors (Lipinski definition) is 2. The standard InChI is InChI=1S/C17H23N5O2/c1-11(12-5-3-2-4-6-12)22-17(18-19-20-22)21-9-13-7-15(23)16(24)8-14(13)10-21/h2-6,11,13-16,23-24H,7-10H2,1H3/t11-,13-,14+,15+,16-/m0/s1. The highest BCUT2D eigenvalue weighted by molar-refractivity contribution is 5.33. The molecule has 2 N–H and O–H groups in total. The van der Waals surface area contributed by atoms with Crippen LogP contribution in [0.15, 0.2) is 30.3 Å². The van der Waals surface area contributed by atoms with Crippen molar-refractivity contribution in [2.45, 2.75) is 38.0 Å². The summed E-state index contributed by atoms with van der Waals surface area (Å²) < 4.78 is 1.86. The van der Waals surface area contributed by atoms with E-state index in [1.807, 2.05) is 22.9 Å². The number of benzene rings is 1. The summed E-state index contributed by atoms with van der Waals surface area (Å²) in [5.41, 5.74) is 1.16. The summed E-state index contributed by atoms with van der Waals surface area (Å²) in [6.07, 6.45) is 0.0897. The van der Waals surface area contributed by atoms with Crippen molar-refractivity contribution in [3.8, 4) is 0 Å². The molecule has 2 aliphatic rings. The highest BCUT2D eigenvalue weighted by atomic mass is 16.3. The molecule has 2 aromatic rings. The first kappa shape index (κ1) is 15.5. The number of tetrazole rings is 1. The average molecular weight is 329 g/mol. The number of nitrogens with zero attached hydrogens (tertiary/aromatic N) is 5. The van der Waals surface area contributed by atoms with Crippen molar-refractivity contribution in [3.05, 3.63) is 35.9 Å². The lowest BCUT2D eigenvalue weighted by Crippen LogP contribution is -2.38. The van der Waals surface area contributed by atoms with E-state index in [1.54, 1.807) is 0 Å². The zero-order valence-electron chi connectivity index (χ0n) is 13.7. The first-order chi connectivity index (χ1) is 11.6. The van der Waals surface area contributed by atoms with Crippen LogP contribution in [0, 0.1) is 11.8 Å². The summed E-state index contributed by atoms with van der Waals surface area (Å²) in [6, 6.07) is 10.2. The van der Waals surface area contributed by atoms with Crippen molar-refractivity contribution in [2.75, 3.05) is 18.0 Å². The SMILES string of the molecule is C[C@@H](c1ccccc1)n1nnnc1N1C[C@H]2C[C@H](O)[C@H](O)C[C@H]2C1. The van der Waals surface area contributed by atoms with Crippen molar-refractivity contribution >= 4 is 5.95 Å². The predicted octanol–water partition coefficient (Wildman–Crippen LogP) is 0.850. The summed E-state index contributed by atoms with van der Waals surface area (Å²) in [6.45, 7) is 3.75. The van der Waals surface area contributed by atoms with Crippen LogP contribution in [0.3, 0.4) is 0 Å². The van der Waals surface area contributed by atoms with Crippen LogP contribution in [0.4, 0.5) is 5.95 Å². The first-order valence-corrected chi connectivity index (χ1v) is 8.57. The molecule has 128 valence electrons. The Kier molecular flexibility index (Phi) is 3.97. The van der Waals surface area contributed by atoms with Crippen LogP contribution in [0.5, 0.6) is 0 Å². The lowest BCUT2D eigenvalue weighted by Gasteiger charge is -2.31. The predicted molar refractivity (Wildman–Crippen MR) is 88.5 cm³/mol. The molecule has 1 saturated heterocycles. The highest BCUT2D eigenvalue weighted by Crippen LogP contribution is 2.38. The van der Waals surface area contributed by atoms with Gasteiger partial charge in [-0.15, -0.1) is 0 Å². The lowest BCUT2D eigenvalue weighted by atomic mass is 9.79. The topological polar surface area (TPSA) is 87.3 Å². The third-order valence-corrected chi connectivity index (χ3v) is 5.52. The Morgan fingerprint density at radius 3 is 2.29 bits per heavy atom. The molecule has 0 unspecified atom stereocenters. The Morgan fingerprint density at radius 1 is 1.04 bits per heavy atom. The number of aliphatic hydroxyl groups is 2. The Hall–Kier alpha value is -1.99. The minimum atomic E-state index is -0.606. The molecule has 4 rings (SSSR count). The van der Waals surface area contributed by atoms with E-state index < -0.39 is 12.2 Å². The molecule has 2 fully saturated rings. The molecular weight excluding hydrogens is 306 g/mol. The molecule has 0 amide bonds. The highest BCUT2D eigenvalue weighted by Gasteiger charge is 2.42. The van der Waals surface area contributed by atoms with E-state index in [0.29, 0.717) is 24.7 Å². The van der Waals surface area contributed by atoms with E-state index in [1.165, 1.54) is 0 Å². The number of rotatable bonds is 3. The van der Waals surface area contributed by atoms with Crippen LogP contribution in [-0.4, -0.2) is 55.7 Å². The third-order valence-electron chi connectivity index (χ3n) is 5.52. The van der Waals surface area contributed by atoms with Gasteiger partial charge in [0, 0.05) is 13.1 Å². The first-order valence-electron chi connectivity index (χ1n) is 8.57. The molecule has 7 nitrogen and oxygen atoms in total. The van der Waals surface area contributed by atoms with Crippen LogP contribution in [-0.2, 0) is 0 Å². The monoisotopic (exact) mass is 329 g/mol. The Morgan fingerprint density at radius 2 is 1.67 bits per heavy atom. The summed E-state index contributed by atoms with van der Waals surface area (Å²) >= 11 is 0. The Bertz CT molecular complexity index is 673. The van der Waals surface area contributed by atoms with Gasteiger partial charge in [-0.25, -0.2) is 4.68 Å². The van der Waals surface area contributed by atoms with Gasteiger partial charge in [-0.2, -0.15) is 0 Å². The Balaban J connectivity index is 1.55. The van der Waals surface area contributed by atoms with Crippen molar-refractivity contribution in [1.29, 1.82) is 0 Å². The van der Waals surface area contributed by atoms with Crippen LogP contribution in [0.25, 0.3) is 0 Å². The van der Waals surface area contributed by atoms with E-state index in [2.05, 4.69) is 39.5 Å². The van der Waals surface area contributed by atoms with Gasteiger partial charge in [0.1, 0.15) is 0 Å². The quantitative estimate of drug-likeness (QED) is 0.868. The molecule has 24 heavy (non-hydrogen) atoms. The van der Waals surface area contributed by atoms with Crippen LogP contribution >= 0.6 is 0 Å². The van der Waals surface area contributed by atoms with Crippen LogP contribution in [0.1, 0.15) is 31.4 Å². The number of fused-ring (bicyclic) bond motifs is 1. The number of aliphatic hydroxyl groups excluding tert-OH is 2. The van der Waals surface area contributed by atoms with Gasteiger partial charge in [0.05, 0.1) is 18.2 Å². The van der Waals surface area contributed by atoms with Gasteiger partial charge < -0.3 is 15.1 Å². The zero-order valence-corrected chi connectivity index (χ0v) is 13.7. The van der Waals surface area contributed by atoms with E-state index >= 15 is 0 Å². The van der Waals surface area contributed by atoms with E-state index in [9.17, 15) is 10.2 Å². The molecule has 1 aromatic carbocycles. The number of hydrogen-bond acceptors (Lipinski definition) is 6. The number of anilines is 1. The number of aromatic nitrogens is 4. The van der Waals surface area contributed by atoms with E-state index in [-0.39, 0.29) is 6.04 Å². The molecule has 1 saturated carbocycles. The molecule has 1 aromatic heterocycles. The van der Waals surface area contributed by atoms with Gasteiger partial charge in [0.15, 0.2) is 0 Å². The second kappa shape index (κ2) is 6.14. The molecule has 0 radical (unpaired) electrons. The van der Waals surface area contributed by atoms with Crippen LogP contribution < -0.4 is 4.90 Å². The second-order valence-corrected chi connectivity index (χ2v) is 7.04. The van der Waals surface area contributed by atoms with Gasteiger partial charge in [0.2, 0.25) is 5.95 Å². The maximum atomic E-state index is 9.92. The van der Waals surface area contributed by atoms with Gasteiger partial charge in [-0.1, -0.05) is 35.4 Å². The molecule has 1 aliphatic heterocycles. The molecule has 7 heteroatoms. The Labute approximate surface area is 140 Å². The normalized spacial score (nSPS) is 31.0. The summed E-state index contributed by atoms with van der Waals surface area (Å²) in [5.74, 6) is 1.55. The average Bonchev–Trinajstić information content (AvgIpc) is 3.22. The van der Waals surface area contributed by atoms with Gasteiger partial charge >= 0.3 is 0 Å². The maximum absolute atomic E-state index is 9.92. The summed E-state index contributed by atoms with van der Waals surface area (Å²) in [7, 11) is 0. The van der Waals surface area contributed by atoms with Crippen molar-refractivity contribution < 1.29 is 10.2 Å². The van der Waals surface area contributed by atoms with Crippen molar-refractivity contribution in [1.82, 2.24) is 20.2 Å². The molecule has 0 bridgehead atoms. The fourth-order valence-electron chi connectivity index (χ4n) is 4.09. The van der Waals surface area contributed by atoms with Crippen molar-refractivity contribution in [2.24, 2.45) is 11.8 Å². The minimum absolute atomic E-state index is 0.0509. The van der Waals surface area contributed by atoms with Gasteiger partial charge in [-0.05, 0) is 47.6 Å². The lowest BCUT2D eigenvalue weighted by molar-refractivity contribution is -0.0372. The fraction of sp³-hybridized carbons (Fsp3) is 0.588. The van der Waals surface area contributed by atoms with E-state index in [0.717, 1.165) is 24.6 Å². The molecule has 5 atom stereocenters. The van der Waals surface area contributed by atoms with Crippen LogP contribution in [0.2, 0.25) is 0 Å². The summed E-state index contributed by atoms with van der Waals surface area (Å²) in [5, 5.41) is 32.2. The van der Waals surface area contributed by atoms with Crippen molar-refractivity contribution in [3.63, 3.8) is 0 Å². The summed E-state index contributed by atoms with van der Waals surface area (Å²) in [4.78, 5) is 2.19. The third kappa shape index (κ3) is 2.67.